The van der Waals surface area contributed by atoms with Crippen molar-refractivity contribution in [3.05, 3.63) is 54.7 Å². The molecule has 0 fully saturated rings. The van der Waals surface area contributed by atoms with E-state index in [0.717, 1.165) is 16.7 Å². The standard InChI is InChI=1S/C12H8Cl4S/c1-6-2-7(4-8(13)3-6)11(15)9-5-10(14)17-12(9)16/h2-5,11H,1H3. The highest BCUT2D eigenvalue weighted by Gasteiger charge is 2.17. The number of benzene rings is 1. The molecular formula is C12H8Cl4S. The summed E-state index contributed by atoms with van der Waals surface area (Å²) in [7, 11) is 0. The van der Waals surface area contributed by atoms with Crippen molar-refractivity contribution in [3.63, 3.8) is 0 Å². The van der Waals surface area contributed by atoms with E-state index >= 15 is 0 Å². The molecule has 0 aliphatic rings. The van der Waals surface area contributed by atoms with Crippen molar-refractivity contribution in [2.45, 2.75) is 12.3 Å². The van der Waals surface area contributed by atoms with Gasteiger partial charge in [0.25, 0.3) is 0 Å². The first-order valence-electron chi connectivity index (χ1n) is 4.83. The summed E-state index contributed by atoms with van der Waals surface area (Å²) in [4.78, 5) is 0. The number of hydrogen-bond donors (Lipinski definition) is 0. The van der Waals surface area contributed by atoms with Crippen molar-refractivity contribution < 1.29 is 0 Å². The molecule has 1 atom stereocenters. The minimum absolute atomic E-state index is 0.330. The fraction of sp³-hybridized carbons (Fsp3) is 0.167. The second-order valence-electron chi connectivity index (χ2n) is 3.70. The van der Waals surface area contributed by atoms with Crippen molar-refractivity contribution in [2.24, 2.45) is 0 Å². The summed E-state index contributed by atoms with van der Waals surface area (Å²) in [5.74, 6) is 0. The Morgan fingerprint density at radius 2 is 1.76 bits per heavy atom. The fourth-order valence-electron chi connectivity index (χ4n) is 1.62. The van der Waals surface area contributed by atoms with Crippen LogP contribution in [-0.2, 0) is 0 Å². The van der Waals surface area contributed by atoms with Gasteiger partial charge in [0.1, 0.15) is 0 Å². The lowest BCUT2D eigenvalue weighted by molar-refractivity contribution is 1.15. The van der Waals surface area contributed by atoms with Crippen molar-refractivity contribution >= 4 is 57.7 Å². The van der Waals surface area contributed by atoms with Crippen LogP contribution in [0.5, 0.6) is 0 Å². The van der Waals surface area contributed by atoms with Gasteiger partial charge in [0.2, 0.25) is 0 Å². The smallest absolute Gasteiger partial charge is 0.0994 e. The van der Waals surface area contributed by atoms with Crippen LogP contribution in [-0.4, -0.2) is 0 Å². The molecule has 0 saturated carbocycles. The van der Waals surface area contributed by atoms with Crippen LogP contribution in [0.15, 0.2) is 24.3 Å². The third-order valence-corrected chi connectivity index (χ3v) is 4.54. The highest BCUT2D eigenvalue weighted by Crippen LogP contribution is 2.41. The van der Waals surface area contributed by atoms with E-state index in [2.05, 4.69) is 0 Å². The van der Waals surface area contributed by atoms with Crippen LogP contribution in [0.1, 0.15) is 22.1 Å². The third-order valence-electron chi connectivity index (χ3n) is 2.31. The lowest BCUT2D eigenvalue weighted by atomic mass is 10.0. The Morgan fingerprint density at radius 3 is 2.29 bits per heavy atom. The average Bonchev–Trinajstić information content (AvgIpc) is 2.55. The summed E-state index contributed by atoms with van der Waals surface area (Å²) in [6.45, 7) is 1.97. The molecule has 1 unspecified atom stereocenters. The second-order valence-corrected chi connectivity index (χ2v) is 6.86. The van der Waals surface area contributed by atoms with E-state index in [0.29, 0.717) is 13.7 Å². The Hall–Kier alpha value is 0.0800. The van der Waals surface area contributed by atoms with Gasteiger partial charge < -0.3 is 0 Å². The minimum Gasteiger partial charge on any atom is -0.112 e. The molecular weight excluding hydrogens is 318 g/mol. The Bertz CT molecular complexity index is 527. The summed E-state index contributed by atoms with van der Waals surface area (Å²) in [6.07, 6.45) is 0. The summed E-state index contributed by atoms with van der Waals surface area (Å²) in [5, 5.41) is 0.340. The van der Waals surface area contributed by atoms with Crippen LogP contribution >= 0.6 is 57.7 Å². The summed E-state index contributed by atoms with van der Waals surface area (Å²) in [6, 6.07) is 7.51. The van der Waals surface area contributed by atoms with Crippen molar-refractivity contribution in [2.75, 3.05) is 0 Å². The number of hydrogen-bond acceptors (Lipinski definition) is 1. The first kappa shape index (κ1) is 13.5. The Labute approximate surface area is 124 Å². The molecule has 5 heteroatoms. The van der Waals surface area contributed by atoms with E-state index in [-0.39, 0.29) is 5.38 Å². The van der Waals surface area contributed by atoms with Crippen LogP contribution < -0.4 is 0 Å². The molecule has 1 heterocycles. The molecule has 17 heavy (non-hydrogen) atoms. The molecule has 0 spiro atoms. The molecule has 1 aromatic carbocycles. The third kappa shape index (κ3) is 3.10. The number of alkyl halides is 1. The molecule has 0 aliphatic heterocycles. The molecule has 0 nitrogen and oxygen atoms in total. The topological polar surface area (TPSA) is 0 Å². The summed E-state index contributed by atoms with van der Waals surface area (Å²) >= 11 is 25.7. The van der Waals surface area contributed by atoms with Crippen molar-refractivity contribution in [1.82, 2.24) is 0 Å². The van der Waals surface area contributed by atoms with Crippen LogP contribution in [0, 0.1) is 6.92 Å². The molecule has 0 N–H and O–H groups in total. The molecule has 90 valence electrons. The highest BCUT2D eigenvalue weighted by atomic mass is 35.5. The van der Waals surface area contributed by atoms with Crippen LogP contribution in [0.2, 0.25) is 13.7 Å². The first-order chi connectivity index (χ1) is 7.97. The molecule has 0 amide bonds. The lowest BCUT2D eigenvalue weighted by Crippen LogP contribution is -1.93. The van der Waals surface area contributed by atoms with E-state index in [9.17, 15) is 0 Å². The molecule has 0 radical (unpaired) electrons. The van der Waals surface area contributed by atoms with Gasteiger partial charge in [-0.1, -0.05) is 40.9 Å². The predicted molar refractivity (Wildman–Crippen MR) is 78.2 cm³/mol. The number of aryl methyl sites for hydroxylation is 1. The van der Waals surface area contributed by atoms with Gasteiger partial charge in [-0.15, -0.1) is 22.9 Å². The zero-order chi connectivity index (χ0) is 12.6. The molecule has 1 aromatic heterocycles. The number of rotatable bonds is 2. The molecule has 2 aromatic rings. The van der Waals surface area contributed by atoms with Crippen LogP contribution in [0.3, 0.4) is 0 Å². The van der Waals surface area contributed by atoms with E-state index in [1.807, 2.05) is 25.1 Å². The predicted octanol–water partition coefficient (Wildman–Crippen LogP) is 6.34. The van der Waals surface area contributed by atoms with Gasteiger partial charge in [-0.2, -0.15) is 0 Å². The maximum Gasteiger partial charge on any atom is 0.0994 e. The normalized spacial score (nSPS) is 12.8. The molecule has 0 bridgehead atoms. The van der Waals surface area contributed by atoms with Gasteiger partial charge in [-0.3, -0.25) is 0 Å². The van der Waals surface area contributed by atoms with Crippen molar-refractivity contribution in [1.29, 1.82) is 0 Å². The number of thiophene rings is 1. The van der Waals surface area contributed by atoms with Gasteiger partial charge in [0, 0.05) is 10.6 Å². The quantitative estimate of drug-likeness (QED) is 0.565. The monoisotopic (exact) mass is 324 g/mol. The van der Waals surface area contributed by atoms with E-state index in [1.54, 1.807) is 6.07 Å². The molecule has 2 rings (SSSR count). The first-order valence-corrected chi connectivity index (χ1v) is 7.22. The Balaban J connectivity index is 2.43. The summed E-state index contributed by atoms with van der Waals surface area (Å²) in [5.41, 5.74) is 2.81. The largest absolute Gasteiger partial charge is 0.112 e. The fourth-order valence-corrected chi connectivity index (χ4v) is 3.87. The van der Waals surface area contributed by atoms with E-state index < -0.39 is 0 Å². The maximum atomic E-state index is 6.40. The average molecular weight is 326 g/mol. The highest BCUT2D eigenvalue weighted by molar-refractivity contribution is 7.20. The van der Waals surface area contributed by atoms with Gasteiger partial charge in [0.05, 0.1) is 14.0 Å². The Morgan fingerprint density at radius 1 is 1.06 bits per heavy atom. The van der Waals surface area contributed by atoms with Crippen molar-refractivity contribution in [3.8, 4) is 0 Å². The second kappa shape index (κ2) is 5.38. The SMILES string of the molecule is Cc1cc(Cl)cc(C(Cl)c2cc(Cl)sc2Cl)c1. The maximum absolute atomic E-state index is 6.40. The zero-order valence-electron chi connectivity index (χ0n) is 8.81. The summed E-state index contributed by atoms with van der Waals surface area (Å²) < 4.78 is 1.25. The van der Waals surface area contributed by atoms with Crippen LogP contribution in [0.25, 0.3) is 0 Å². The molecule has 0 aliphatic carbocycles. The van der Waals surface area contributed by atoms with Gasteiger partial charge >= 0.3 is 0 Å². The minimum atomic E-state index is -0.330. The molecule has 0 saturated heterocycles. The van der Waals surface area contributed by atoms with E-state index in [1.165, 1.54) is 11.3 Å². The van der Waals surface area contributed by atoms with Gasteiger partial charge in [-0.05, 0) is 36.2 Å². The van der Waals surface area contributed by atoms with Gasteiger partial charge in [-0.25, -0.2) is 0 Å². The van der Waals surface area contributed by atoms with Crippen LogP contribution in [0.4, 0.5) is 0 Å². The lowest BCUT2D eigenvalue weighted by Gasteiger charge is -2.10. The van der Waals surface area contributed by atoms with Gasteiger partial charge in [0.15, 0.2) is 0 Å². The van der Waals surface area contributed by atoms with E-state index in [4.69, 9.17) is 46.4 Å². The zero-order valence-corrected chi connectivity index (χ0v) is 12.6. The Kier molecular flexibility index (Phi) is 4.27. The number of halogens is 4.